The first-order valence-corrected chi connectivity index (χ1v) is 4.38. The van der Waals surface area contributed by atoms with Gasteiger partial charge < -0.3 is 4.74 Å². The Morgan fingerprint density at radius 3 is 2.64 bits per heavy atom. The van der Waals surface area contributed by atoms with Gasteiger partial charge in [-0.3, -0.25) is 4.79 Å². The van der Waals surface area contributed by atoms with Crippen LogP contribution in [-0.2, 0) is 15.1 Å². The Bertz CT molecular complexity index is 354. The lowest BCUT2D eigenvalue weighted by Crippen LogP contribution is -2.26. The van der Waals surface area contributed by atoms with Crippen LogP contribution in [0.3, 0.4) is 0 Å². The van der Waals surface area contributed by atoms with Crippen molar-refractivity contribution in [2.24, 2.45) is 0 Å². The molecule has 14 heavy (non-hydrogen) atoms. The second-order valence-corrected chi connectivity index (χ2v) is 3.46. The van der Waals surface area contributed by atoms with Gasteiger partial charge in [-0.15, -0.1) is 0 Å². The van der Waals surface area contributed by atoms with Crippen molar-refractivity contribution >= 4 is 17.9 Å². The summed E-state index contributed by atoms with van der Waals surface area (Å²) in [6.45, 7) is 1.57. The van der Waals surface area contributed by atoms with Gasteiger partial charge >= 0.3 is 0 Å². The van der Waals surface area contributed by atoms with Crippen LogP contribution in [0.25, 0.3) is 0 Å². The topological polar surface area (TPSA) is 26.3 Å². The van der Waals surface area contributed by atoms with E-state index in [2.05, 4.69) is 0 Å². The molecule has 76 valence electrons. The summed E-state index contributed by atoms with van der Waals surface area (Å²) in [5, 5.41) is 0.182. The average molecular weight is 217 g/mol. The van der Waals surface area contributed by atoms with Crippen LogP contribution >= 0.6 is 11.6 Å². The van der Waals surface area contributed by atoms with E-state index in [1.807, 2.05) is 0 Å². The largest absolute Gasteiger partial charge is 0.366 e. The zero-order valence-corrected chi connectivity index (χ0v) is 8.64. The quantitative estimate of drug-likeness (QED) is 0.726. The average Bonchev–Trinajstić information content (AvgIpc) is 2.17. The molecule has 0 spiro atoms. The molecule has 0 aliphatic carbocycles. The molecule has 0 amide bonds. The van der Waals surface area contributed by atoms with Crippen molar-refractivity contribution in [1.29, 1.82) is 0 Å². The zero-order valence-electron chi connectivity index (χ0n) is 7.88. The molecule has 0 radical (unpaired) electrons. The molecule has 0 saturated carbocycles. The molecule has 1 aromatic carbocycles. The highest BCUT2D eigenvalue weighted by Crippen LogP contribution is 2.29. The molecular formula is C10H10ClFO2. The summed E-state index contributed by atoms with van der Waals surface area (Å²) >= 11 is 5.79. The number of hydrogen-bond acceptors (Lipinski definition) is 2. The van der Waals surface area contributed by atoms with E-state index in [9.17, 15) is 9.18 Å². The van der Waals surface area contributed by atoms with Crippen molar-refractivity contribution in [3.8, 4) is 0 Å². The second kappa shape index (κ2) is 4.07. The standard InChI is InChI=1S/C10H10ClFO2/c1-10(6-13,14-2)8-4-3-7(12)5-9(8)11/h3-6H,1-2H3. The van der Waals surface area contributed by atoms with Crippen molar-refractivity contribution in [3.05, 3.63) is 34.6 Å². The summed E-state index contributed by atoms with van der Waals surface area (Å²) in [7, 11) is 1.40. The van der Waals surface area contributed by atoms with E-state index in [0.29, 0.717) is 11.8 Å². The maximum Gasteiger partial charge on any atom is 0.156 e. The molecule has 0 aliphatic heterocycles. The summed E-state index contributed by atoms with van der Waals surface area (Å²) in [4.78, 5) is 10.8. The van der Waals surface area contributed by atoms with Gasteiger partial charge in [0.2, 0.25) is 0 Å². The molecule has 1 aromatic rings. The van der Waals surface area contributed by atoms with E-state index in [0.717, 1.165) is 6.07 Å². The Hall–Kier alpha value is -0.930. The van der Waals surface area contributed by atoms with Crippen LogP contribution < -0.4 is 0 Å². The highest BCUT2D eigenvalue weighted by Gasteiger charge is 2.27. The van der Waals surface area contributed by atoms with E-state index in [1.54, 1.807) is 6.92 Å². The maximum absolute atomic E-state index is 12.7. The first-order chi connectivity index (χ1) is 6.53. The van der Waals surface area contributed by atoms with Crippen LogP contribution in [0.4, 0.5) is 4.39 Å². The van der Waals surface area contributed by atoms with Crippen molar-refractivity contribution in [1.82, 2.24) is 0 Å². The van der Waals surface area contributed by atoms with Gasteiger partial charge in [0, 0.05) is 17.7 Å². The number of aldehydes is 1. The summed E-state index contributed by atoms with van der Waals surface area (Å²) < 4.78 is 17.7. The first kappa shape index (κ1) is 11.1. The second-order valence-electron chi connectivity index (χ2n) is 3.05. The fourth-order valence-electron chi connectivity index (χ4n) is 1.11. The Balaban J connectivity index is 3.24. The number of carbonyl (C=O) groups excluding carboxylic acids is 1. The van der Waals surface area contributed by atoms with Gasteiger partial charge in [-0.05, 0) is 19.1 Å². The molecule has 1 atom stereocenters. The van der Waals surface area contributed by atoms with Crippen molar-refractivity contribution in [2.45, 2.75) is 12.5 Å². The third-order valence-electron chi connectivity index (χ3n) is 2.11. The summed E-state index contributed by atoms with van der Waals surface area (Å²) in [6, 6.07) is 3.83. The van der Waals surface area contributed by atoms with Gasteiger partial charge in [0.1, 0.15) is 11.4 Å². The maximum atomic E-state index is 12.7. The van der Waals surface area contributed by atoms with Gasteiger partial charge in [0.15, 0.2) is 6.29 Å². The molecule has 0 N–H and O–H groups in total. The number of ether oxygens (including phenoxy) is 1. The lowest BCUT2D eigenvalue weighted by atomic mass is 9.97. The van der Waals surface area contributed by atoms with Crippen LogP contribution in [0.2, 0.25) is 5.02 Å². The number of hydrogen-bond donors (Lipinski definition) is 0. The molecule has 0 bridgehead atoms. The van der Waals surface area contributed by atoms with Crippen LogP contribution in [0.1, 0.15) is 12.5 Å². The fraction of sp³-hybridized carbons (Fsp3) is 0.300. The number of benzene rings is 1. The Labute approximate surface area is 86.6 Å². The highest BCUT2D eigenvalue weighted by molar-refractivity contribution is 6.31. The van der Waals surface area contributed by atoms with Crippen LogP contribution in [0, 0.1) is 5.82 Å². The van der Waals surface area contributed by atoms with E-state index >= 15 is 0 Å². The van der Waals surface area contributed by atoms with Crippen LogP contribution in [0.5, 0.6) is 0 Å². The molecular weight excluding hydrogens is 207 g/mol. The number of halogens is 2. The monoisotopic (exact) mass is 216 g/mol. The minimum atomic E-state index is -1.12. The molecule has 2 nitrogen and oxygen atoms in total. The fourth-order valence-corrected chi connectivity index (χ4v) is 1.47. The van der Waals surface area contributed by atoms with Gasteiger partial charge in [-0.1, -0.05) is 17.7 Å². The van der Waals surface area contributed by atoms with E-state index in [1.165, 1.54) is 19.2 Å². The summed E-state index contributed by atoms with van der Waals surface area (Å²) in [5.41, 5.74) is -0.664. The minimum Gasteiger partial charge on any atom is -0.366 e. The van der Waals surface area contributed by atoms with Crippen LogP contribution in [0.15, 0.2) is 18.2 Å². The zero-order chi connectivity index (χ0) is 10.8. The predicted octanol–water partition coefficient (Wildman–Crippen LogP) is 2.54. The van der Waals surface area contributed by atoms with Crippen molar-refractivity contribution < 1.29 is 13.9 Å². The molecule has 0 aliphatic rings. The summed E-state index contributed by atoms with van der Waals surface area (Å²) in [6.07, 6.45) is 0.631. The predicted molar refractivity (Wildman–Crippen MR) is 51.8 cm³/mol. The van der Waals surface area contributed by atoms with E-state index in [-0.39, 0.29) is 5.02 Å². The van der Waals surface area contributed by atoms with E-state index in [4.69, 9.17) is 16.3 Å². The normalized spacial score (nSPS) is 14.9. The number of carbonyl (C=O) groups is 1. The Morgan fingerprint density at radius 2 is 2.21 bits per heavy atom. The lowest BCUT2D eigenvalue weighted by molar-refractivity contribution is -0.126. The third kappa shape index (κ3) is 1.94. The van der Waals surface area contributed by atoms with Gasteiger partial charge in [-0.2, -0.15) is 0 Å². The molecule has 0 saturated heterocycles. The minimum absolute atomic E-state index is 0.182. The molecule has 0 heterocycles. The van der Waals surface area contributed by atoms with Gasteiger partial charge in [-0.25, -0.2) is 4.39 Å². The SMILES string of the molecule is COC(C)(C=O)c1ccc(F)cc1Cl. The van der Waals surface area contributed by atoms with Gasteiger partial charge in [0.05, 0.1) is 0 Å². The molecule has 1 unspecified atom stereocenters. The van der Waals surface area contributed by atoms with E-state index < -0.39 is 11.4 Å². The van der Waals surface area contributed by atoms with Crippen molar-refractivity contribution in [3.63, 3.8) is 0 Å². The summed E-state index contributed by atoms with van der Waals surface area (Å²) in [5.74, 6) is -0.442. The first-order valence-electron chi connectivity index (χ1n) is 4.00. The number of methoxy groups -OCH3 is 1. The third-order valence-corrected chi connectivity index (χ3v) is 2.43. The Morgan fingerprint density at radius 1 is 1.57 bits per heavy atom. The van der Waals surface area contributed by atoms with Crippen molar-refractivity contribution in [2.75, 3.05) is 7.11 Å². The molecule has 4 heteroatoms. The Kier molecular flexibility index (Phi) is 3.24. The number of rotatable bonds is 3. The van der Waals surface area contributed by atoms with Gasteiger partial charge in [0.25, 0.3) is 0 Å². The smallest absolute Gasteiger partial charge is 0.156 e. The molecule has 1 rings (SSSR count). The van der Waals surface area contributed by atoms with Crippen LogP contribution in [-0.4, -0.2) is 13.4 Å². The lowest BCUT2D eigenvalue weighted by Gasteiger charge is -2.22. The molecule has 0 aromatic heterocycles. The highest BCUT2D eigenvalue weighted by atomic mass is 35.5. The molecule has 0 fully saturated rings.